The smallest absolute Gasteiger partial charge is 0.101 e. The molecule has 0 amide bonds. The summed E-state index contributed by atoms with van der Waals surface area (Å²) in [7, 11) is 0. The topological polar surface area (TPSA) is 52.5 Å². The molecule has 3 nitrogen and oxygen atoms in total. The van der Waals surface area contributed by atoms with Crippen LogP contribution in [0.2, 0.25) is 0 Å². The molecule has 18 heavy (non-hydrogen) atoms. The first-order valence-electron chi connectivity index (χ1n) is 5.73. The van der Waals surface area contributed by atoms with Crippen LogP contribution in [0.15, 0.2) is 42.7 Å². The van der Waals surface area contributed by atoms with Crippen molar-refractivity contribution in [3.63, 3.8) is 0 Å². The summed E-state index contributed by atoms with van der Waals surface area (Å²) in [6, 6.07) is 12.0. The number of aromatic nitrogens is 2. The first-order chi connectivity index (χ1) is 8.79. The quantitative estimate of drug-likeness (QED) is 0.700. The predicted molar refractivity (Wildman–Crippen MR) is 71.0 cm³/mol. The molecule has 2 aromatic heterocycles. The zero-order chi connectivity index (χ0) is 12.5. The lowest BCUT2D eigenvalue weighted by molar-refractivity contribution is 1.30. The molecule has 1 N–H and O–H groups in total. The molecule has 0 saturated heterocycles. The van der Waals surface area contributed by atoms with Crippen LogP contribution in [0.5, 0.6) is 0 Å². The van der Waals surface area contributed by atoms with E-state index in [1.165, 1.54) is 5.56 Å². The normalized spacial score (nSPS) is 10.4. The molecule has 0 fully saturated rings. The number of aromatic amines is 1. The Bertz CT molecular complexity index is 763. The van der Waals surface area contributed by atoms with Gasteiger partial charge in [-0.25, -0.2) is 0 Å². The monoisotopic (exact) mass is 233 g/mol. The van der Waals surface area contributed by atoms with Gasteiger partial charge in [-0.1, -0.05) is 11.6 Å². The van der Waals surface area contributed by atoms with Gasteiger partial charge in [0.25, 0.3) is 0 Å². The molecule has 3 aromatic rings. The van der Waals surface area contributed by atoms with E-state index in [0.717, 1.165) is 22.2 Å². The zero-order valence-corrected chi connectivity index (χ0v) is 9.94. The van der Waals surface area contributed by atoms with E-state index in [4.69, 9.17) is 5.26 Å². The number of fused-ring (bicyclic) bond motifs is 1. The fourth-order valence-corrected chi connectivity index (χ4v) is 2.14. The molecular formula is C15H11N3. The zero-order valence-electron chi connectivity index (χ0n) is 9.94. The van der Waals surface area contributed by atoms with Gasteiger partial charge in [0.1, 0.15) is 6.07 Å². The minimum absolute atomic E-state index is 0.597. The van der Waals surface area contributed by atoms with Crippen molar-refractivity contribution in [1.82, 2.24) is 9.97 Å². The molecule has 86 valence electrons. The van der Waals surface area contributed by atoms with Gasteiger partial charge in [0.2, 0.25) is 0 Å². The minimum atomic E-state index is 0.597. The van der Waals surface area contributed by atoms with Crippen molar-refractivity contribution in [3.05, 3.63) is 53.9 Å². The van der Waals surface area contributed by atoms with Crippen LogP contribution in [0.25, 0.3) is 22.2 Å². The van der Waals surface area contributed by atoms with E-state index in [-0.39, 0.29) is 0 Å². The van der Waals surface area contributed by atoms with Crippen molar-refractivity contribution >= 4 is 10.9 Å². The number of benzene rings is 1. The highest BCUT2D eigenvalue weighted by Gasteiger charge is 2.11. The Kier molecular flexibility index (Phi) is 2.35. The molecule has 3 rings (SSSR count). The Morgan fingerprint density at radius 2 is 2.17 bits per heavy atom. The van der Waals surface area contributed by atoms with Crippen molar-refractivity contribution in [1.29, 1.82) is 5.26 Å². The van der Waals surface area contributed by atoms with E-state index in [2.05, 4.69) is 35.1 Å². The van der Waals surface area contributed by atoms with E-state index in [1.807, 2.05) is 12.3 Å². The maximum absolute atomic E-state index is 9.14. The van der Waals surface area contributed by atoms with Gasteiger partial charge in [-0.3, -0.25) is 4.98 Å². The summed E-state index contributed by atoms with van der Waals surface area (Å²) in [6.07, 6.45) is 3.62. The Hall–Kier alpha value is -2.60. The largest absolute Gasteiger partial charge is 0.360 e. The maximum Gasteiger partial charge on any atom is 0.101 e. The number of rotatable bonds is 1. The second-order valence-electron chi connectivity index (χ2n) is 4.26. The SMILES string of the molecule is Cc1ccc2[nH]cc(-c3ncccc3C#N)c2c1. The number of aryl methyl sites for hydroxylation is 1. The summed E-state index contributed by atoms with van der Waals surface area (Å²) in [5.41, 5.74) is 4.56. The van der Waals surface area contributed by atoms with Gasteiger partial charge >= 0.3 is 0 Å². The highest BCUT2D eigenvalue weighted by molar-refractivity contribution is 5.96. The molecule has 0 bridgehead atoms. The van der Waals surface area contributed by atoms with Crippen molar-refractivity contribution in [2.75, 3.05) is 0 Å². The average Bonchev–Trinajstić information content (AvgIpc) is 2.81. The molecule has 0 aliphatic carbocycles. The highest BCUT2D eigenvalue weighted by Crippen LogP contribution is 2.29. The fourth-order valence-electron chi connectivity index (χ4n) is 2.14. The van der Waals surface area contributed by atoms with Gasteiger partial charge in [-0.05, 0) is 31.2 Å². The average molecular weight is 233 g/mol. The van der Waals surface area contributed by atoms with Crippen LogP contribution < -0.4 is 0 Å². The van der Waals surface area contributed by atoms with Gasteiger partial charge in [-0.15, -0.1) is 0 Å². The summed E-state index contributed by atoms with van der Waals surface area (Å²) < 4.78 is 0. The predicted octanol–water partition coefficient (Wildman–Crippen LogP) is 3.41. The Labute approximate surface area is 105 Å². The molecule has 0 unspecified atom stereocenters. The molecule has 2 heterocycles. The molecule has 0 aliphatic rings. The van der Waals surface area contributed by atoms with Gasteiger partial charge in [0.15, 0.2) is 0 Å². The summed E-state index contributed by atoms with van der Waals surface area (Å²) in [5, 5.41) is 10.2. The second kappa shape index (κ2) is 4.01. The third kappa shape index (κ3) is 1.56. The van der Waals surface area contributed by atoms with E-state index in [9.17, 15) is 0 Å². The molecule has 1 aromatic carbocycles. The van der Waals surface area contributed by atoms with Crippen LogP contribution in [-0.4, -0.2) is 9.97 Å². The lowest BCUT2D eigenvalue weighted by Gasteiger charge is -2.01. The first kappa shape index (κ1) is 10.5. The van der Waals surface area contributed by atoms with Crippen LogP contribution in [0.3, 0.4) is 0 Å². The number of nitriles is 1. The summed E-state index contributed by atoms with van der Waals surface area (Å²) in [4.78, 5) is 7.55. The molecule has 3 heteroatoms. The van der Waals surface area contributed by atoms with Crippen molar-refractivity contribution in [2.24, 2.45) is 0 Å². The molecule has 0 spiro atoms. The second-order valence-corrected chi connectivity index (χ2v) is 4.26. The maximum atomic E-state index is 9.14. The molecule has 0 atom stereocenters. The number of nitrogens with one attached hydrogen (secondary N) is 1. The molecule has 0 aliphatic heterocycles. The Morgan fingerprint density at radius 1 is 1.28 bits per heavy atom. The highest BCUT2D eigenvalue weighted by atomic mass is 14.7. The standard InChI is InChI=1S/C15H11N3/c1-10-4-5-14-12(7-10)13(9-18-14)15-11(8-16)3-2-6-17-15/h2-7,9,18H,1H3. The third-order valence-corrected chi connectivity index (χ3v) is 3.02. The first-order valence-corrected chi connectivity index (χ1v) is 5.73. The van der Waals surface area contributed by atoms with Gasteiger partial charge in [-0.2, -0.15) is 5.26 Å². The minimum Gasteiger partial charge on any atom is -0.360 e. The number of pyridine rings is 1. The van der Waals surface area contributed by atoms with E-state index in [1.54, 1.807) is 18.3 Å². The molecule has 0 radical (unpaired) electrons. The lowest BCUT2D eigenvalue weighted by Crippen LogP contribution is -1.87. The number of hydrogen-bond donors (Lipinski definition) is 1. The van der Waals surface area contributed by atoms with Crippen LogP contribution in [0.1, 0.15) is 11.1 Å². The van der Waals surface area contributed by atoms with Gasteiger partial charge in [0, 0.05) is 28.9 Å². The molecular weight excluding hydrogens is 222 g/mol. The van der Waals surface area contributed by atoms with Crippen molar-refractivity contribution < 1.29 is 0 Å². The van der Waals surface area contributed by atoms with Crippen LogP contribution >= 0.6 is 0 Å². The lowest BCUT2D eigenvalue weighted by atomic mass is 10.0. The van der Waals surface area contributed by atoms with Gasteiger partial charge < -0.3 is 4.98 Å². The number of H-pyrrole nitrogens is 1. The van der Waals surface area contributed by atoms with Gasteiger partial charge in [0.05, 0.1) is 11.3 Å². The molecule has 0 saturated carbocycles. The van der Waals surface area contributed by atoms with Crippen LogP contribution in [0.4, 0.5) is 0 Å². The fraction of sp³-hybridized carbons (Fsp3) is 0.0667. The number of nitrogens with zero attached hydrogens (tertiary/aromatic N) is 2. The van der Waals surface area contributed by atoms with E-state index >= 15 is 0 Å². The summed E-state index contributed by atoms with van der Waals surface area (Å²) in [5.74, 6) is 0. The third-order valence-electron chi connectivity index (χ3n) is 3.02. The summed E-state index contributed by atoms with van der Waals surface area (Å²) in [6.45, 7) is 2.06. The van der Waals surface area contributed by atoms with Crippen LogP contribution in [0, 0.1) is 18.3 Å². The Morgan fingerprint density at radius 3 is 3.00 bits per heavy atom. The van der Waals surface area contributed by atoms with Crippen LogP contribution in [-0.2, 0) is 0 Å². The number of hydrogen-bond acceptors (Lipinski definition) is 2. The van der Waals surface area contributed by atoms with E-state index < -0.39 is 0 Å². The summed E-state index contributed by atoms with van der Waals surface area (Å²) >= 11 is 0. The van der Waals surface area contributed by atoms with Crippen molar-refractivity contribution in [2.45, 2.75) is 6.92 Å². The Balaban J connectivity index is 2.32. The van der Waals surface area contributed by atoms with Crippen molar-refractivity contribution in [3.8, 4) is 17.3 Å². The van der Waals surface area contributed by atoms with E-state index in [0.29, 0.717) is 5.56 Å².